The second-order valence-electron chi connectivity index (χ2n) is 4.97. The van der Waals surface area contributed by atoms with Crippen LogP contribution in [0.25, 0.3) is 0 Å². The lowest BCUT2D eigenvalue weighted by molar-refractivity contribution is -0.0893. The van der Waals surface area contributed by atoms with E-state index in [0.717, 1.165) is 37.5 Å². The number of likely N-dealkylation sites (tertiary alicyclic amines) is 1. The number of thiophene rings is 1. The van der Waals surface area contributed by atoms with E-state index >= 15 is 0 Å². The lowest BCUT2D eigenvalue weighted by atomic mass is 9.99. The highest BCUT2D eigenvalue weighted by atomic mass is 32.1. The van der Waals surface area contributed by atoms with Crippen LogP contribution in [0.1, 0.15) is 16.1 Å². The Morgan fingerprint density at radius 1 is 1.50 bits per heavy atom. The lowest BCUT2D eigenvalue weighted by Gasteiger charge is -2.45. The second-order valence-corrected chi connectivity index (χ2v) is 5.92. The van der Waals surface area contributed by atoms with E-state index in [1.54, 1.807) is 0 Å². The molecule has 2 aliphatic heterocycles. The van der Waals surface area contributed by atoms with Gasteiger partial charge in [0.15, 0.2) is 0 Å². The smallest absolute Gasteiger partial charge is 0.263 e. The van der Waals surface area contributed by atoms with Crippen LogP contribution in [0.15, 0.2) is 17.5 Å². The molecule has 3 heterocycles. The molecule has 0 spiro atoms. The largest absolute Gasteiger partial charge is 0.375 e. The van der Waals surface area contributed by atoms with E-state index in [9.17, 15) is 4.79 Å². The molecule has 0 radical (unpaired) electrons. The van der Waals surface area contributed by atoms with E-state index in [-0.39, 0.29) is 5.91 Å². The fourth-order valence-electron chi connectivity index (χ4n) is 2.78. The van der Waals surface area contributed by atoms with Gasteiger partial charge in [0, 0.05) is 19.6 Å². The van der Waals surface area contributed by atoms with Crippen LogP contribution in [0.4, 0.5) is 0 Å². The second kappa shape index (κ2) is 4.99. The van der Waals surface area contributed by atoms with Crippen LogP contribution < -0.4 is 0 Å². The summed E-state index contributed by atoms with van der Waals surface area (Å²) in [5.74, 6) is 0.169. The summed E-state index contributed by atoms with van der Waals surface area (Å²) in [7, 11) is 2.12. The van der Waals surface area contributed by atoms with Crippen molar-refractivity contribution in [1.82, 2.24) is 9.80 Å². The number of nitrogens with zero attached hydrogens (tertiary/aromatic N) is 2. The molecule has 0 unspecified atom stereocenters. The number of ether oxygens (including phenoxy) is 1. The van der Waals surface area contributed by atoms with E-state index in [1.807, 2.05) is 22.4 Å². The van der Waals surface area contributed by atoms with Gasteiger partial charge in [-0.05, 0) is 24.9 Å². The van der Waals surface area contributed by atoms with Crippen LogP contribution in [0.3, 0.4) is 0 Å². The number of morpholine rings is 1. The first kappa shape index (κ1) is 12.1. The van der Waals surface area contributed by atoms with Crippen molar-refractivity contribution < 1.29 is 9.53 Å². The Kier molecular flexibility index (Phi) is 3.37. The van der Waals surface area contributed by atoms with Crippen LogP contribution >= 0.6 is 11.3 Å². The standard InChI is InChI=1S/C13H18N2O2S/c1-14-6-7-17-11-4-5-15(9-10(11)14)13(16)12-3-2-8-18-12/h2-3,8,10-11H,4-7,9H2,1H3/t10-,11-/m0/s1. The number of carbonyl (C=O) groups excluding carboxylic acids is 1. The van der Waals surface area contributed by atoms with Crippen molar-refractivity contribution in [1.29, 1.82) is 0 Å². The number of amides is 1. The highest BCUT2D eigenvalue weighted by Crippen LogP contribution is 2.23. The quantitative estimate of drug-likeness (QED) is 0.768. The number of rotatable bonds is 1. The fraction of sp³-hybridized carbons (Fsp3) is 0.615. The number of piperidine rings is 1. The number of carbonyl (C=O) groups is 1. The van der Waals surface area contributed by atoms with Gasteiger partial charge in [0.05, 0.1) is 23.6 Å². The van der Waals surface area contributed by atoms with Gasteiger partial charge >= 0.3 is 0 Å². The molecule has 5 heteroatoms. The van der Waals surface area contributed by atoms with Crippen molar-refractivity contribution in [2.45, 2.75) is 18.6 Å². The first-order chi connectivity index (χ1) is 8.75. The Labute approximate surface area is 111 Å². The molecule has 0 aromatic carbocycles. The van der Waals surface area contributed by atoms with Crippen LogP contribution in [0.5, 0.6) is 0 Å². The van der Waals surface area contributed by atoms with E-state index in [0.29, 0.717) is 12.1 Å². The normalized spacial score (nSPS) is 29.1. The Hall–Kier alpha value is -0.910. The molecule has 1 amide bonds. The summed E-state index contributed by atoms with van der Waals surface area (Å²) in [4.78, 5) is 17.5. The first-order valence-corrected chi connectivity index (χ1v) is 7.28. The molecule has 3 rings (SSSR count). The third kappa shape index (κ3) is 2.18. The van der Waals surface area contributed by atoms with Crippen molar-refractivity contribution in [3.63, 3.8) is 0 Å². The molecule has 1 aromatic rings. The fourth-order valence-corrected chi connectivity index (χ4v) is 3.47. The van der Waals surface area contributed by atoms with Crippen molar-refractivity contribution in [2.24, 2.45) is 0 Å². The maximum Gasteiger partial charge on any atom is 0.263 e. The molecule has 18 heavy (non-hydrogen) atoms. The van der Waals surface area contributed by atoms with Gasteiger partial charge in [0.2, 0.25) is 0 Å². The van der Waals surface area contributed by atoms with Gasteiger partial charge in [-0.15, -0.1) is 11.3 Å². The average molecular weight is 266 g/mol. The molecule has 2 saturated heterocycles. The summed E-state index contributed by atoms with van der Waals surface area (Å²) in [5.41, 5.74) is 0. The third-order valence-corrected chi connectivity index (χ3v) is 4.74. The van der Waals surface area contributed by atoms with Gasteiger partial charge in [0.1, 0.15) is 0 Å². The van der Waals surface area contributed by atoms with Crippen molar-refractivity contribution >= 4 is 17.2 Å². The molecule has 2 fully saturated rings. The van der Waals surface area contributed by atoms with Gasteiger partial charge in [-0.2, -0.15) is 0 Å². The molecule has 1 aromatic heterocycles. The zero-order chi connectivity index (χ0) is 12.5. The summed E-state index contributed by atoms with van der Waals surface area (Å²) in [6.07, 6.45) is 1.25. The molecule has 2 atom stereocenters. The van der Waals surface area contributed by atoms with Crippen LogP contribution in [0, 0.1) is 0 Å². The zero-order valence-corrected chi connectivity index (χ0v) is 11.4. The molecule has 0 saturated carbocycles. The predicted molar refractivity (Wildman–Crippen MR) is 71.0 cm³/mol. The molecular formula is C13H18N2O2S. The molecule has 0 aliphatic carbocycles. The van der Waals surface area contributed by atoms with Crippen molar-refractivity contribution in [3.8, 4) is 0 Å². The highest BCUT2D eigenvalue weighted by Gasteiger charge is 2.37. The van der Waals surface area contributed by atoms with E-state index in [2.05, 4.69) is 11.9 Å². The van der Waals surface area contributed by atoms with Crippen LogP contribution in [-0.4, -0.2) is 61.1 Å². The Morgan fingerprint density at radius 3 is 3.17 bits per heavy atom. The molecule has 4 nitrogen and oxygen atoms in total. The molecule has 0 N–H and O–H groups in total. The van der Waals surface area contributed by atoms with Crippen LogP contribution in [0.2, 0.25) is 0 Å². The maximum absolute atomic E-state index is 12.3. The monoisotopic (exact) mass is 266 g/mol. The minimum atomic E-state index is 0.169. The summed E-state index contributed by atoms with van der Waals surface area (Å²) in [6.45, 7) is 3.38. The highest BCUT2D eigenvalue weighted by molar-refractivity contribution is 7.12. The SMILES string of the molecule is CN1CCO[C@H]2CCN(C(=O)c3cccs3)C[C@@H]21. The molecule has 98 valence electrons. The van der Waals surface area contributed by atoms with Gasteiger partial charge in [0.25, 0.3) is 5.91 Å². The summed E-state index contributed by atoms with van der Waals surface area (Å²) in [5, 5.41) is 1.95. The van der Waals surface area contributed by atoms with Gasteiger partial charge in [-0.25, -0.2) is 0 Å². The number of hydrogen-bond acceptors (Lipinski definition) is 4. The summed E-state index contributed by atoms with van der Waals surface area (Å²) >= 11 is 1.52. The predicted octanol–water partition coefficient (Wildman–Crippen LogP) is 1.29. The van der Waals surface area contributed by atoms with Gasteiger partial charge in [-0.3, -0.25) is 9.69 Å². The number of hydrogen-bond donors (Lipinski definition) is 0. The molecule has 0 bridgehead atoms. The van der Waals surface area contributed by atoms with E-state index in [4.69, 9.17) is 4.74 Å². The lowest BCUT2D eigenvalue weighted by Crippen LogP contribution is -2.59. The molecular weight excluding hydrogens is 248 g/mol. The number of likely N-dealkylation sites (N-methyl/N-ethyl adjacent to an activating group) is 1. The van der Waals surface area contributed by atoms with Crippen LogP contribution in [-0.2, 0) is 4.74 Å². The Morgan fingerprint density at radius 2 is 2.39 bits per heavy atom. The third-order valence-electron chi connectivity index (χ3n) is 3.88. The minimum Gasteiger partial charge on any atom is -0.375 e. The van der Waals surface area contributed by atoms with E-state index < -0.39 is 0 Å². The van der Waals surface area contributed by atoms with E-state index in [1.165, 1.54) is 11.3 Å². The van der Waals surface area contributed by atoms with Crippen molar-refractivity contribution in [3.05, 3.63) is 22.4 Å². The average Bonchev–Trinajstić information content (AvgIpc) is 2.92. The summed E-state index contributed by atoms with van der Waals surface area (Å²) < 4.78 is 5.79. The Balaban J connectivity index is 1.71. The van der Waals surface area contributed by atoms with Crippen molar-refractivity contribution in [2.75, 3.05) is 33.3 Å². The zero-order valence-electron chi connectivity index (χ0n) is 10.5. The maximum atomic E-state index is 12.3. The minimum absolute atomic E-state index is 0.169. The number of fused-ring (bicyclic) bond motifs is 1. The summed E-state index contributed by atoms with van der Waals surface area (Å²) in [6, 6.07) is 4.19. The topological polar surface area (TPSA) is 32.8 Å². The Bertz CT molecular complexity index is 421. The van der Waals surface area contributed by atoms with Gasteiger partial charge < -0.3 is 9.64 Å². The molecule has 2 aliphatic rings. The van der Waals surface area contributed by atoms with Gasteiger partial charge in [-0.1, -0.05) is 6.07 Å². The first-order valence-electron chi connectivity index (χ1n) is 6.40.